The van der Waals surface area contributed by atoms with Crippen molar-refractivity contribution in [1.29, 1.82) is 0 Å². The number of carbonyl (C=O) groups excluding carboxylic acids is 2. The highest BCUT2D eigenvalue weighted by Crippen LogP contribution is 2.19. The van der Waals surface area contributed by atoms with E-state index in [2.05, 4.69) is 10.5 Å². The van der Waals surface area contributed by atoms with Crippen molar-refractivity contribution in [3.63, 3.8) is 0 Å². The number of carbonyl (C=O) groups is 2. The summed E-state index contributed by atoms with van der Waals surface area (Å²) in [6.07, 6.45) is 2.80. The van der Waals surface area contributed by atoms with E-state index in [0.29, 0.717) is 43.3 Å². The summed E-state index contributed by atoms with van der Waals surface area (Å²) in [5.74, 6) is 0.572. The number of hydrogen-bond acceptors (Lipinski definition) is 7. The van der Waals surface area contributed by atoms with Crippen molar-refractivity contribution in [3.8, 4) is 0 Å². The topological polar surface area (TPSA) is 122 Å². The van der Waals surface area contributed by atoms with Gasteiger partial charge in [-0.15, -0.1) is 0 Å². The Balaban J connectivity index is 1.48. The molecular formula is C19H21N5O5. The average molecular weight is 399 g/mol. The number of rotatable bonds is 6. The number of benzene rings is 1. The first-order chi connectivity index (χ1) is 13.9. The van der Waals surface area contributed by atoms with Gasteiger partial charge in [0.15, 0.2) is 5.82 Å². The smallest absolute Gasteiger partial charge is 0.276 e. The zero-order valence-corrected chi connectivity index (χ0v) is 15.9. The molecule has 152 valence electrons. The third kappa shape index (κ3) is 5.48. The summed E-state index contributed by atoms with van der Waals surface area (Å²) in [6, 6.07) is 7.89. The molecule has 2 amide bonds. The lowest BCUT2D eigenvalue weighted by atomic mass is 10.1. The molecule has 10 heteroatoms. The standard InChI is InChI=1S/C19H21N5O5/c1-14-12-17(21-29-14)20-18(25)13-22-8-10-23(11-9-22)19(26)7-6-15-4-2-3-5-16(15)24(27)28/h2-7,12H,8-11,13H2,1H3,(H,20,21,25)/b7-6+. The molecule has 0 saturated carbocycles. The van der Waals surface area contributed by atoms with E-state index >= 15 is 0 Å². The molecule has 2 aromatic rings. The molecule has 0 unspecified atom stereocenters. The van der Waals surface area contributed by atoms with Crippen molar-refractivity contribution in [2.45, 2.75) is 6.92 Å². The molecule has 1 aromatic carbocycles. The van der Waals surface area contributed by atoms with Crippen molar-refractivity contribution >= 4 is 29.4 Å². The number of aromatic nitrogens is 1. The van der Waals surface area contributed by atoms with E-state index in [1.165, 1.54) is 18.2 Å². The van der Waals surface area contributed by atoms with Crippen LogP contribution in [0.25, 0.3) is 6.08 Å². The molecule has 2 heterocycles. The second-order valence-corrected chi connectivity index (χ2v) is 6.62. The fourth-order valence-corrected chi connectivity index (χ4v) is 3.00. The van der Waals surface area contributed by atoms with E-state index in [-0.39, 0.29) is 24.0 Å². The fourth-order valence-electron chi connectivity index (χ4n) is 3.00. The first-order valence-corrected chi connectivity index (χ1v) is 9.08. The molecule has 1 aliphatic rings. The van der Waals surface area contributed by atoms with E-state index in [1.807, 2.05) is 4.90 Å². The SMILES string of the molecule is Cc1cc(NC(=O)CN2CCN(C(=O)/C=C/c3ccccc3[N+](=O)[O-])CC2)no1. The summed E-state index contributed by atoms with van der Waals surface area (Å²) in [5.41, 5.74) is 0.332. The molecule has 1 aliphatic heterocycles. The summed E-state index contributed by atoms with van der Waals surface area (Å²) >= 11 is 0. The summed E-state index contributed by atoms with van der Waals surface area (Å²) < 4.78 is 4.90. The minimum atomic E-state index is -0.478. The normalized spacial score (nSPS) is 14.9. The van der Waals surface area contributed by atoms with Gasteiger partial charge in [-0.1, -0.05) is 17.3 Å². The van der Waals surface area contributed by atoms with Gasteiger partial charge in [-0.2, -0.15) is 0 Å². The molecule has 29 heavy (non-hydrogen) atoms. The van der Waals surface area contributed by atoms with Crippen LogP contribution in [0.2, 0.25) is 0 Å². The van der Waals surface area contributed by atoms with Crippen LogP contribution in [0.15, 0.2) is 40.9 Å². The number of nitro groups is 1. The molecule has 1 fully saturated rings. The number of amides is 2. The molecule has 0 atom stereocenters. The Morgan fingerprint density at radius 1 is 1.28 bits per heavy atom. The van der Waals surface area contributed by atoms with Gasteiger partial charge in [-0.25, -0.2) is 0 Å². The molecule has 10 nitrogen and oxygen atoms in total. The van der Waals surface area contributed by atoms with Gasteiger partial charge < -0.3 is 14.7 Å². The van der Waals surface area contributed by atoms with E-state index in [4.69, 9.17) is 4.52 Å². The summed E-state index contributed by atoms with van der Waals surface area (Å²) in [4.78, 5) is 38.6. The van der Waals surface area contributed by atoms with Crippen molar-refractivity contribution in [2.75, 3.05) is 38.0 Å². The predicted molar refractivity (Wildman–Crippen MR) is 105 cm³/mol. The Morgan fingerprint density at radius 2 is 2.00 bits per heavy atom. The molecule has 0 spiro atoms. The van der Waals surface area contributed by atoms with Gasteiger partial charge in [-0.3, -0.25) is 24.6 Å². The lowest BCUT2D eigenvalue weighted by molar-refractivity contribution is -0.385. The van der Waals surface area contributed by atoms with E-state index in [9.17, 15) is 19.7 Å². The molecule has 1 N–H and O–H groups in total. The Hall–Kier alpha value is -3.53. The number of aryl methyl sites for hydroxylation is 1. The maximum Gasteiger partial charge on any atom is 0.276 e. The zero-order valence-electron chi connectivity index (χ0n) is 15.9. The first kappa shape index (κ1) is 20.2. The summed E-state index contributed by atoms with van der Waals surface area (Å²) in [6.45, 7) is 3.97. The molecule has 1 saturated heterocycles. The number of nitro benzene ring substituents is 1. The van der Waals surface area contributed by atoms with Crippen LogP contribution >= 0.6 is 0 Å². The van der Waals surface area contributed by atoms with Crippen LogP contribution in [0.1, 0.15) is 11.3 Å². The lowest BCUT2D eigenvalue weighted by Crippen LogP contribution is -2.50. The van der Waals surface area contributed by atoms with Crippen LogP contribution in [0, 0.1) is 17.0 Å². The van der Waals surface area contributed by atoms with Crippen LogP contribution in [0.5, 0.6) is 0 Å². The largest absolute Gasteiger partial charge is 0.360 e. The van der Waals surface area contributed by atoms with Gasteiger partial charge >= 0.3 is 0 Å². The number of nitrogens with one attached hydrogen (secondary N) is 1. The number of para-hydroxylation sites is 1. The third-order valence-corrected chi connectivity index (χ3v) is 4.49. The lowest BCUT2D eigenvalue weighted by Gasteiger charge is -2.33. The molecular weight excluding hydrogens is 378 g/mol. The van der Waals surface area contributed by atoms with Crippen LogP contribution < -0.4 is 5.32 Å². The Bertz CT molecular complexity index is 931. The molecule has 0 aliphatic carbocycles. The molecule has 3 rings (SSSR count). The van der Waals surface area contributed by atoms with Crippen LogP contribution in [-0.4, -0.2) is 64.4 Å². The third-order valence-electron chi connectivity index (χ3n) is 4.49. The molecule has 0 bridgehead atoms. The minimum Gasteiger partial charge on any atom is -0.360 e. The van der Waals surface area contributed by atoms with Gasteiger partial charge in [0, 0.05) is 44.4 Å². The highest BCUT2D eigenvalue weighted by atomic mass is 16.6. The number of nitrogens with zero attached hydrogens (tertiary/aromatic N) is 4. The fraction of sp³-hybridized carbons (Fsp3) is 0.316. The number of piperazine rings is 1. The van der Waals surface area contributed by atoms with Crippen LogP contribution in [-0.2, 0) is 9.59 Å². The number of hydrogen-bond donors (Lipinski definition) is 1. The van der Waals surface area contributed by atoms with E-state index < -0.39 is 4.92 Å². The predicted octanol–water partition coefficient (Wildman–Crippen LogP) is 1.69. The van der Waals surface area contributed by atoms with Gasteiger partial charge in [0.2, 0.25) is 11.8 Å². The highest BCUT2D eigenvalue weighted by molar-refractivity contribution is 5.93. The Labute approximate surface area is 166 Å². The number of anilines is 1. The minimum absolute atomic E-state index is 0.0466. The van der Waals surface area contributed by atoms with E-state index in [1.54, 1.807) is 36.1 Å². The second-order valence-electron chi connectivity index (χ2n) is 6.62. The van der Waals surface area contributed by atoms with Gasteiger partial charge in [0.25, 0.3) is 5.69 Å². The van der Waals surface area contributed by atoms with Crippen LogP contribution in [0.4, 0.5) is 11.5 Å². The molecule has 0 radical (unpaired) electrons. The monoisotopic (exact) mass is 399 g/mol. The van der Waals surface area contributed by atoms with Crippen molar-refractivity contribution in [1.82, 2.24) is 15.0 Å². The summed E-state index contributed by atoms with van der Waals surface area (Å²) in [5, 5.41) is 17.4. The Kier molecular flexibility index (Phi) is 6.35. The van der Waals surface area contributed by atoms with Gasteiger partial charge in [-0.05, 0) is 19.1 Å². The second kappa shape index (κ2) is 9.11. The first-order valence-electron chi connectivity index (χ1n) is 9.08. The Morgan fingerprint density at radius 3 is 2.66 bits per heavy atom. The quantitative estimate of drug-likeness (QED) is 0.445. The molecule has 1 aromatic heterocycles. The van der Waals surface area contributed by atoms with Crippen molar-refractivity contribution in [2.24, 2.45) is 0 Å². The average Bonchev–Trinajstić information content (AvgIpc) is 3.11. The van der Waals surface area contributed by atoms with Gasteiger partial charge in [0.1, 0.15) is 5.76 Å². The maximum absolute atomic E-state index is 12.4. The zero-order chi connectivity index (χ0) is 20.8. The van der Waals surface area contributed by atoms with Gasteiger partial charge in [0.05, 0.1) is 17.0 Å². The highest BCUT2D eigenvalue weighted by Gasteiger charge is 2.22. The van der Waals surface area contributed by atoms with Crippen molar-refractivity contribution < 1.29 is 19.0 Å². The van der Waals surface area contributed by atoms with Crippen LogP contribution in [0.3, 0.4) is 0 Å². The summed E-state index contributed by atoms with van der Waals surface area (Å²) in [7, 11) is 0. The van der Waals surface area contributed by atoms with Crippen molar-refractivity contribution in [3.05, 3.63) is 57.8 Å². The maximum atomic E-state index is 12.4. The van der Waals surface area contributed by atoms with E-state index in [0.717, 1.165) is 0 Å².